The molecule has 2 rings (SSSR count). The third-order valence-electron chi connectivity index (χ3n) is 3.15. The lowest BCUT2D eigenvalue weighted by molar-refractivity contribution is -0.121. The molecule has 2 heterocycles. The Morgan fingerprint density at radius 3 is 3.05 bits per heavy atom. The number of amides is 1. The largest absolute Gasteiger partial charge is 0.476 e. The molecule has 1 atom stereocenters. The van der Waals surface area contributed by atoms with Crippen LogP contribution < -0.4 is 5.32 Å². The summed E-state index contributed by atoms with van der Waals surface area (Å²) >= 11 is 1.30. The number of nitrogens with one attached hydrogen (secondary N) is 1. The van der Waals surface area contributed by atoms with Crippen molar-refractivity contribution in [3.05, 3.63) is 16.1 Å². The number of nitrogens with zero attached hydrogens (tertiary/aromatic N) is 1. The fraction of sp³-hybridized carbons (Fsp3) is 0.615. The number of hydrogen-bond donors (Lipinski definition) is 2. The van der Waals surface area contributed by atoms with E-state index in [-0.39, 0.29) is 17.7 Å². The van der Waals surface area contributed by atoms with Crippen LogP contribution in [0, 0.1) is 0 Å². The molecule has 1 aromatic rings. The van der Waals surface area contributed by atoms with Crippen molar-refractivity contribution >= 4 is 23.2 Å². The third-order valence-corrected chi connectivity index (χ3v) is 4.06. The van der Waals surface area contributed by atoms with Crippen LogP contribution in [0.1, 0.15) is 41.2 Å². The van der Waals surface area contributed by atoms with Gasteiger partial charge in [-0.1, -0.05) is 0 Å². The van der Waals surface area contributed by atoms with E-state index >= 15 is 0 Å². The van der Waals surface area contributed by atoms with E-state index in [9.17, 15) is 9.59 Å². The van der Waals surface area contributed by atoms with Gasteiger partial charge in [-0.05, 0) is 19.3 Å². The van der Waals surface area contributed by atoms with Crippen molar-refractivity contribution in [1.29, 1.82) is 0 Å². The summed E-state index contributed by atoms with van der Waals surface area (Å²) in [5.41, 5.74) is 0.0645. The Kier molecular flexibility index (Phi) is 5.49. The number of carboxylic acids is 1. The number of aromatic carboxylic acids is 1. The van der Waals surface area contributed by atoms with Gasteiger partial charge in [0.2, 0.25) is 5.91 Å². The Hall–Kier alpha value is -1.47. The van der Waals surface area contributed by atoms with E-state index in [0.29, 0.717) is 19.4 Å². The van der Waals surface area contributed by atoms with Crippen molar-refractivity contribution in [2.75, 3.05) is 13.2 Å². The average Bonchev–Trinajstić information content (AvgIpc) is 3.07. The highest BCUT2D eigenvalue weighted by molar-refractivity contribution is 7.09. The Bertz CT molecular complexity index is 469. The van der Waals surface area contributed by atoms with Crippen LogP contribution in [-0.4, -0.2) is 41.2 Å². The molecule has 1 aliphatic rings. The number of aromatic nitrogens is 1. The summed E-state index contributed by atoms with van der Waals surface area (Å²) in [5, 5.41) is 13.8. The van der Waals surface area contributed by atoms with Crippen molar-refractivity contribution in [3.63, 3.8) is 0 Å². The van der Waals surface area contributed by atoms with E-state index in [4.69, 9.17) is 9.84 Å². The average molecular weight is 298 g/mol. The minimum atomic E-state index is -1.02. The highest BCUT2D eigenvalue weighted by atomic mass is 32.1. The predicted octanol–water partition coefficient (Wildman–Crippen LogP) is 1.46. The van der Waals surface area contributed by atoms with Crippen molar-refractivity contribution in [3.8, 4) is 0 Å². The molecule has 1 amide bonds. The quantitative estimate of drug-likeness (QED) is 0.795. The predicted molar refractivity (Wildman–Crippen MR) is 74.0 cm³/mol. The number of hydrogen-bond acceptors (Lipinski definition) is 5. The molecule has 0 spiro atoms. The summed E-state index contributed by atoms with van der Waals surface area (Å²) in [6, 6.07) is 0. The van der Waals surface area contributed by atoms with Gasteiger partial charge in [-0.3, -0.25) is 4.79 Å². The lowest BCUT2D eigenvalue weighted by Crippen LogP contribution is -2.26. The lowest BCUT2D eigenvalue weighted by Gasteiger charge is -2.08. The molecule has 1 unspecified atom stereocenters. The minimum Gasteiger partial charge on any atom is -0.476 e. The van der Waals surface area contributed by atoms with Crippen LogP contribution in [0.5, 0.6) is 0 Å². The van der Waals surface area contributed by atoms with E-state index in [1.54, 1.807) is 0 Å². The molecular weight excluding hydrogens is 280 g/mol. The first-order chi connectivity index (χ1) is 9.65. The molecule has 0 bridgehead atoms. The van der Waals surface area contributed by atoms with Gasteiger partial charge in [0.25, 0.3) is 0 Å². The van der Waals surface area contributed by atoms with E-state index < -0.39 is 5.97 Å². The SMILES string of the molecule is O=C(CCC1CCCO1)NCCc1nc(C(=O)O)cs1. The van der Waals surface area contributed by atoms with Crippen LogP contribution in [0.4, 0.5) is 0 Å². The first-order valence-corrected chi connectivity index (χ1v) is 7.59. The smallest absolute Gasteiger partial charge is 0.355 e. The zero-order chi connectivity index (χ0) is 14.4. The van der Waals surface area contributed by atoms with Crippen molar-refractivity contribution < 1.29 is 19.4 Å². The highest BCUT2D eigenvalue weighted by Crippen LogP contribution is 2.16. The van der Waals surface area contributed by atoms with Crippen LogP contribution >= 0.6 is 11.3 Å². The molecule has 0 aliphatic carbocycles. The Labute approximate surface area is 121 Å². The molecule has 0 radical (unpaired) electrons. The van der Waals surface area contributed by atoms with Crippen LogP contribution in [-0.2, 0) is 16.0 Å². The van der Waals surface area contributed by atoms with Crippen molar-refractivity contribution in [1.82, 2.24) is 10.3 Å². The number of carboxylic acid groups (broad SMARTS) is 1. The standard InChI is InChI=1S/C13H18N2O4S/c16-11(4-3-9-2-1-7-19-9)14-6-5-12-15-10(8-20-12)13(17)18/h8-9H,1-7H2,(H,14,16)(H,17,18). The first-order valence-electron chi connectivity index (χ1n) is 6.71. The van der Waals surface area contributed by atoms with E-state index in [2.05, 4.69) is 10.3 Å². The van der Waals surface area contributed by atoms with Gasteiger partial charge in [0.05, 0.1) is 11.1 Å². The van der Waals surface area contributed by atoms with Gasteiger partial charge in [-0.2, -0.15) is 0 Å². The summed E-state index contributed by atoms with van der Waals surface area (Å²) in [4.78, 5) is 26.3. The Morgan fingerprint density at radius 2 is 2.40 bits per heavy atom. The summed E-state index contributed by atoms with van der Waals surface area (Å²) in [6.07, 6.45) is 4.17. The summed E-state index contributed by atoms with van der Waals surface area (Å²) in [6.45, 7) is 1.29. The van der Waals surface area contributed by atoms with Gasteiger partial charge in [0.1, 0.15) is 0 Å². The van der Waals surface area contributed by atoms with Crippen molar-refractivity contribution in [2.45, 2.75) is 38.2 Å². The second-order valence-corrected chi connectivity index (χ2v) is 5.65. The molecule has 0 aromatic carbocycles. The number of carbonyl (C=O) groups excluding carboxylic acids is 1. The molecule has 1 aromatic heterocycles. The molecule has 1 aliphatic heterocycles. The topological polar surface area (TPSA) is 88.5 Å². The molecule has 2 N–H and O–H groups in total. The molecule has 1 fully saturated rings. The molecule has 20 heavy (non-hydrogen) atoms. The zero-order valence-corrected chi connectivity index (χ0v) is 11.9. The molecule has 7 heteroatoms. The third kappa shape index (κ3) is 4.57. The molecule has 110 valence electrons. The zero-order valence-electron chi connectivity index (χ0n) is 11.1. The second-order valence-electron chi connectivity index (χ2n) is 4.71. The van der Waals surface area contributed by atoms with Gasteiger partial charge < -0.3 is 15.2 Å². The minimum absolute atomic E-state index is 0.00974. The van der Waals surface area contributed by atoms with Crippen LogP contribution in [0.3, 0.4) is 0 Å². The second kappa shape index (κ2) is 7.35. The normalized spacial score (nSPS) is 18.1. The van der Waals surface area contributed by atoms with Crippen LogP contribution in [0.15, 0.2) is 5.38 Å². The Morgan fingerprint density at radius 1 is 1.55 bits per heavy atom. The summed E-state index contributed by atoms with van der Waals surface area (Å²) in [7, 11) is 0. The number of thiazole rings is 1. The van der Waals surface area contributed by atoms with Gasteiger partial charge in [0.15, 0.2) is 5.69 Å². The number of rotatable bonds is 7. The number of carbonyl (C=O) groups is 2. The summed E-state index contributed by atoms with van der Waals surface area (Å²) in [5.74, 6) is -1.01. The van der Waals surface area contributed by atoms with Crippen LogP contribution in [0.2, 0.25) is 0 Å². The molecule has 1 saturated heterocycles. The van der Waals surface area contributed by atoms with Gasteiger partial charge >= 0.3 is 5.97 Å². The monoisotopic (exact) mass is 298 g/mol. The highest BCUT2D eigenvalue weighted by Gasteiger charge is 2.16. The van der Waals surface area contributed by atoms with E-state index in [0.717, 1.165) is 30.9 Å². The molecule has 0 saturated carbocycles. The maximum atomic E-state index is 11.6. The first kappa shape index (κ1) is 14.9. The van der Waals surface area contributed by atoms with Gasteiger partial charge in [-0.25, -0.2) is 9.78 Å². The molecular formula is C13H18N2O4S. The van der Waals surface area contributed by atoms with Crippen LogP contribution in [0.25, 0.3) is 0 Å². The fourth-order valence-electron chi connectivity index (χ4n) is 2.09. The van der Waals surface area contributed by atoms with Crippen molar-refractivity contribution in [2.24, 2.45) is 0 Å². The summed E-state index contributed by atoms with van der Waals surface area (Å²) < 4.78 is 5.46. The van der Waals surface area contributed by atoms with Gasteiger partial charge in [-0.15, -0.1) is 11.3 Å². The maximum Gasteiger partial charge on any atom is 0.355 e. The van der Waals surface area contributed by atoms with E-state index in [1.165, 1.54) is 16.7 Å². The Balaban J connectivity index is 1.61. The van der Waals surface area contributed by atoms with E-state index in [1.807, 2.05) is 0 Å². The number of ether oxygens (including phenoxy) is 1. The molecule has 6 nitrogen and oxygen atoms in total. The van der Waals surface area contributed by atoms with Gasteiger partial charge in [0, 0.05) is 31.4 Å². The fourth-order valence-corrected chi connectivity index (χ4v) is 2.86. The maximum absolute atomic E-state index is 11.6. The lowest BCUT2D eigenvalue weighted by atomic mass is 10.1.